The lowest BCUT2D eigenvalue weighted by atomic mass is 10.0. The van der Waals surface area contributed by atoms with Gasteiger partial charge in [-0.2, -0.15) is 0 Å². The predicted octanol–water partition coefficient (Wildman–Crippen LogP) is 4.54. The van der Waals surface area contributed by atoms with Gasteiger partial charge in [0.05, 0.1) is 0 Å². The lowest BCUT2D eigenvalue weighted by Gasteiger charge is -2.04. The Hall–Kier alpha value is -3.13. The summed E-state index contributed by atoms with van der Waals surface area (Å²) in [5, 5.41) is 7.49. The standard InChI is InChI=1S/C21H16N2/c22-21(23)15-11-9-14(10-12-15)13-20-18-7-3-1-5-16(18)17-6-2-4-8-19(17)20/h1-13H,(H3,22,23). The fraction of sp³-hybridized carbons (Fsp3) is 0. The number of fused-ring (bicyclic) bond motifs is 3. The number of rotatable bonds is 2. The van der Waals surface area contributed by atoms with Gasteiger partial charge in [0.2, 0.25) is 0 Å². The van der Waals surface area contributed by atoms with E-state index in [0.29, 0.717) is 0 Å². The molecule has 3 aromatic carbocycles. The Morgan fingerprint density at radius 2 is 1.17 bits per heavy atom. The summed E-state index contributed by atoms with van der Waals surface area (Å²) in [6, 6.07) is 24.8. The zero-order valence-electron chi connectivity index (χ0n) is 12.6. The maximum absolute atomic E-state index is 7.49. The number of amidine groups is 1. The first kappa shape index (κ1) is 13.5. The van der Waals surface area contributed by atoms with Crippen LogP contribution >= 0.6 is 0 Å². The quantitative estimate of drug-likeness (QED) is 0.414. The summed E-state index contributed by atoms with van der Waals surface area (Å²) in [6.45, 7) is 0. The summed E-state index contributed by atoms with van der Waals surface area (Å²) < 4.78 is 0. The van der Waals surface area contributed by atoms with Crippen LogP contribution in [0.4, 0.5) is 0 Å². The first-order valence-corrected chi connectivity index (χ1v) is 7.59. The first-order chi connectivity index (χ1) is 11.2. The molecule has 1 aliphatic rings. The van der Waals surface area contributed by atoms with Gasteiger partial charge < -0.3 is 5.73 Å². The van der Waals surface area contributed by atoms with Crippen LogP contribution in [0.2, 0.25) is 0 Å². The second kappa shape index (κ2) is 5.25. The van der Waals surface area contributed by atoms with Crippen molar-refractivity contribution in [2.75, 3.05) is 0 Å². The molecule has 110 valence electrons. The second-order valence-electron chi connectivity index (χ2n) is 5.68. The Balaban J connectivity index is 1.86. The van der Waals surface area contributed by atoms with Crippen LogP contribution in [0.3, 0.4) is 0 Å². The molecular formula is C21H16N2. The molecule has 3 aromatic rings. The third kappa shape index (κ3) is 2.25. The van der Waals surface area contributed by atoms with E-state index in [2.05, 4.69) is 54.6 Å². The highest BCUT2D eigenvalue weighted by Crippen LogP contribution is 2.44. The molecule has 0 aromatic heterocycles. The van der Waals surface area contributed by atoms with Crippen molar-refractivity contribution in [1.29, 1.82) is 5.41 Å². The monoisotopic (exact) mass is 296 g/mol. The zero-order chi connectivity index (χ0) is 15.8. The molecule has 0 saturated carbocycles. The van der Waals surface area contributed by atoms with Crippen molar-refractivity contribution >= 4 is 17.5 Å². The molecule has 3 N–H and O–H groups in total. The molecule has 1 aliphatic carbocycles. The molecule has 0 atom stereocenters. The van der Waals surface area contributed by atoms with E-state index in [1.54, 1.807) is 0 Å². The van der Waals surface area contributed by atoms with E-state index in [1.165, 1.54) is 27.8 Å². The summed E-state index contributed by atoms with van der Waals surface area (Å²) in [4.78, 5) is 0. The average Bonchev–Trinajstić information content (AvgIpc) is 2.90. The van der Waals surface area contributed by atoms with Crippen molar-refractivity contribution in [2.45, 2.75) is 0 Å². The Morgan fingerprint density at radius 3 is 1.65 bits per heavy atom. The van der Waals surface area contributed by atoms with Crippen LogP contribution in [0.15, 0.2) is 72.8 Å². The van der Waals surface area contributed by atoms with Crippen LogP contribution in [0.5, 0.6) is 0 Å². The zero-order valence-corrected chi connectivity index (χ0v) is 12.6. The average molecular weight is 296 g/mol. The highest BCUT2D eigenvalue weighted by atomic mass is 14.7. The van der Waals surface area contributed by atoms with Gasteiger partial charge in [0.1, 0.15) is 5.84 Å². The number of hydrogen-bond donors (Lipinski definition) is 2. The van der Waals surface area contributed by atoms with Crippen LogP contribution in [0.1, 0.15) is 22.3 Å². The van der Waals surface area contributed by atoms with Crippen LogP contribution in [-0.4, -0.2) is 5.84 Å². The molecule has 2 nitrogen and oxygen atoms in total. The SMILES string of the molecule is N=C(N)c1ccc(C=C2c3ccccc3-c3ccccc32)cc1. The van der Waals surface area contributed by atoms with E-state index in [-0.39, 0.29) is 5.84 Å². The molecule has 23 heavy (non-hydrogen) atoms. The van der Waals surface area contributed by atoms with Crippen LogP contribution in [-0.2, 0) is 0 Å². The molecule has 0 radical (unpaired) electrons. The minimum atomic E-state index is 0.0979. The van der Waals surface area contributed by atoms with E-state index < -0.39 is 0 Å². The minimum absolute atomic E-state index is 0.0979. The van der Waals surface area contributed by atoms with E-state index in [4.69, 9.17) is 11.1 Å². The lowest BCUT2D eigenvalue weighted by Crippen LogP contribution is -2.10. The summed E-state index contributed by atoms with van der Waals surface area (Å²) in [7, 11) is 0. The number of nitrogen functional groups attached to an aromatic ring is 1. The molecule has 2 heteroatoms. The van der Waals surface area contributed by atoms with E-state index in [9.17, 15) is 0 Å². The van der Waals surface area contributed by atoms with Gasteiger partial charge in [0.25, 0.3) is 0 Å². The summed E-state index contributed by atoms with van der Waals surface area (Å²) in [6.07, 6.45) is 2.20. The maximum atomic E-state index is 7.49. The van der Waals surface area contributed by atoms with Gasteiger partial charge in [-0.15, -0.1) is 0 Å². The summed E-state index contributed by atoms with van der Waals surface area (Å²) >= 11 is 0. The van der Waals surface area contributed by atoms with Gasteiger partial charge >= 0.3 is 0 Å². The molecular weight excluding hydrogens is 280 g/mol. The molecule has 0 unspecified atom stereocenters. The Labute approximate surface area is 135 Å². The largest absolute Gasteiger partial charge is 0.384 e. The molecule has 0 aliphatic heterocycles. The van der Waals surface area contributed by atoms with Crippen molar-refractivity contribution in [3.8, 4) is 11.1 Å². The van der Waals surface area contributed by atoms with E-state index in [1.807, 2.05) is 24.3 Å². The molecule has 0 amide bonds. The molecule has 0 spiro atoms. The topological polar surface area (TPSA) is 49.9 Å². The Morgan fingerprint density at radius 1 is 0.696 bits per heavy atom. The van der Waals surface area contributed by atoms with Crippen LogP contribution in [0, 0.1) is 5.41 Å². The predicted molar refractivity (Wildman–Crippen MR) is 96.3 cm³/mol. The third-order valence-electron chi connectivity index (χ3n) is 4.26. The lowest BCUT2D eigenvalue weighted by molar-refractivity contribution is 1.42. The smallest absolute Gasteiger partial charge is 0.122 e. The van der Waals surface area contributed by atoms with E-state index >= 15 is 0 Å². The normalized spacial score (nSPS) is 11.7. The molecule has 4 rings (SSSR count). The molecule has 0 saturated heterocycles. The van der Waals surface area contributed by atoms with Gasteiger partial charge in [-0.25, -0.2) is 0 Å². The van der Waals surface area contributed by atoms with Gasteiger partial charge in [-0.3, -0.25) is 5.41 Å². The van der Waals surface area contributed by atoms with Gasteiger partial charge in [0, 0.05) is 5.56 Å². The first-order valence-electron chi connectivity index (χ1n) is 7.59. The maximum Gasteiger partial charge on any atom is 0.122 e. The van der Waals surface area contributed by atoms with Crippen LogP contribution < -0.4 is 5.73 Å². The highest BCUT2D eigenvalue weighted by molar-refractivity contribution is 6.06. The van der Waals surface area contributed by atoms with Gasteiger partial charge in [-0.1, -0.05) is 72.8 Å². The van der Waals surface area contributed by atoms with Crippen LogP contribution in [0.25, 0.3) is 22.8 Å². The third-order valence-corrected chi connectivity index (χ3v) is 4.26. The van der Waals surface area contributed by atoms with Crippen molar-refractivity contribution in [3.05, 3.63) is 95.1 Å². The molecule has 0 heterocycles. The Kier molecular flexibility index (Phi) is 3.09. The van der Waals surface area contributed by atoms with Crippen molar-refractivity contribution < 1.29 is 0 Å². The fourth-order valence-corrected chi connectivity index (χ4v) is 3.13. The highest BCUT2D eigenvalue weighted by Gasteiger charge is 2.21. The number of nitrogens with one attached hydrogen (secondary N) is 1. The van der Waals surface area contributed by atoms with E-state index in [0.717, 1.165) is 11.1 Å². The van der Waals surface area contributed by atoms with Gasteiger partial charge in [0.15, 0.2) is 0 Å². The summed E-state index contributed by atoms with van der Waals surface area (Å²) in [5.41, 5.74) is 13.7. The summed E-state index contributed by atoms with van der Waals surface area (Å²) in [5.74, 6) is 0.0979. The molecule has 0 bridgehead atoms. The van der Waals surface area contributed by atoms with Crippen molar-refractivity contribution in [3.63, 3.8) is 0 Å². The van der Waals surface area contributed by atoms with Crippen molar-refractivity contribution in [1.82, 2.24) is 0 Å². The number of nitrogens with two attached hydrogens (primary N) is 1. The van der Waals surface area contributed by atoms with Crippen molar-refractivity contribution in [2.24, 2.45) is 5.73 Å². The number of hydrogen-bond acceptors (Lipinski definition) is 1. The molecule has 0 fully saturated rings. The minimum Gasteiger partial charge on any atom is -0.384 e. The second-order valence-corrected chi connectivity index (χ2v) is 5.68. The fourth-order valence-electron chi connectivity index (χ4n) is 3.13. The van der Waals surface area contributed by atoms with Gasteiger partial charge in [-0.05, 0) is 39.5 Å². The Bertz CT molecular complexity index is 887. The number of benzene rings is 3.